The Morgan fingerprint density at radius 2 is 2.53 bits per heavy atom. The molecule has 1 aliphatic rings. The highest BCUT2D eigenvalue weighted by atomic mass is 16.3. The lowest BCUT2D eigenvalue weighted by Gasteiger charge is -2.36. The van der Waals surface area contributed by atoms with Crippen LogP contribution in [0.2, 0.25) is 0 Å². The Kier molecular flexibility index (Phi) is 3.45. The highest BCUT2D eigenvalue weighted by molar-refractivity contribution is 5.83. The maximum Gasteiger partial charge on any atom is 0.238 e. The molecular formula is C12H15N3O2. The maximum absolute atomic E-state index is 11.8. The first-order chi connectivity index (χ1) is 8.20. The van der Waals surface area contributed by atoms with E-state index in [1.54, 1.807) is 6.26 Å². The summed E-state index contributed by atoms with van der Waals surface area (Å²) in [5, 5.41) is 11.6. The van der Waals surface area contributed by atoms with E-state index in [1.165, 1.54) is 0 Å². The molecule has 1 aliphatic heterocycles. The quantitative estimate of drug-likeness (QED) is 0.841. The van der Waals surface area contributed by atoms with Crippen LogP contribution in [0.25, 0.3) is 0 Å². The summed E-state index contributed by atoms with van der Waals surface area (Å²) in [6, 6.07) is 5.49. The van der Waals surface area contributed by atoms with Crippen molar-refractivity contribution in [1.29, 1.82) is 5.26 Å². The fourth-order valence-electron chi connectivity index (χ4n) is 2.12. The van der Waals surface area contributed by atoms with Crippen LogP contribution in [-0.4, -0.2) is 29.4 Å². The van der Waals surface area contributed by atoms with E-state index in [0.29, 0.717) is 6.54 Å². The lowest BCUT2D eigenvalue weighted by atomic mass is 10.1. The van der Waals surface area contributed by atoms with Gasteiger partial charge in [-0.15, -0.1) is 0 Å². The van der Waals surface area contributed by atoms with Crippen LogP contribution < -0.4 is 5.32 Å². The summed E-state index contributed by atoms with van der Waals surface area (Å²) in [6.45, 7) is 3.26. The Labute approximate surface area is 100 Å². The van der Waals surface area contributed by atoms with E-state index >= 15 is 0 Å². The third-order valence-corrected chi connectivity index (χ3v) is 2.86. The van der Waals surface area contributed by atoms with E-state index in [9.17, 15) is 4.79 Å². The van der Waals surface area contributed by atoms with Gasteiger partial charge in [-0.2, -0.15) is 5.26 Å². The molecule has 2 atom stereocenters. The second kappa shape index (κ2) is 5.02. The number of nitrogens with one attached hydrogen (secondary N) is 1. The van der Waals surface area contributed by atoms with Gasteiger partial charge in [0.2, 0.25) is 5.91 Å². The third-order valence-electron chi connectivity index (χ3n) is 2.86. The zero-order valence-corrected chi connectivity index (χ0v) is 9.72. The SMILES string of the molecule is CC1CN(Cc2ccco2)C(CC#N)C(=O)N1. The number of piperazine rings is 1. The molecule has 1 aromatic rings. The summed E-state index contributed by atoms with van der Waals surface area (Å²) in [5.41, 5.74) is 0. The van der Waals surface area contributed by atoms with Gasteiger partial charge in [0.25, 0.3) is 0 Å². The number of nitriles is 1. The van der Waals surface area contributed by atoms with Gasteiger partial charge in [-0.1, -0.05) is 0 Å². The molecule has 0 saturated carbocycles. The van der Waals surface area contributed by atoms with Crippen molar-refractivity contribution in [3.05, 3.63) is 24.2 Å². The molecule has 1 amide bonds. The van der Waals surface area contributed by atoms with Crippen molar-refractivity contribution in [3.8, 4) is 6.07 Å². The molecule has 1 aromatic heterocycles. The molecule has 2 rings (SSSR count). The standard InChI is InChI=1S/C12H15N3O2/c1-9-7-15(8-10-3-2-6-17-10)11(4-5-13)12(16)14-9/h2-3,6,9,11H,4,7-8H2,1H3,(H,14,16). The maximum atomic E-state index is 11.8. The number of amides is 1. The largest absolute Gasteiger partial charge is 0.468 e. The van der Waals surface area contributed by atoms with E-state index in [1.807, 2.05) is 24.0 Å². The molecule has 0 aliphatic carbocycles. The summed E-state index contributed by atoms with van der Waals surface area (Å²) in [4.78, 5) is 13.8. The van der Waals surface area contributed by atoms with Crippen LogP contribution >= 0.6 is 0 Å². The van der Waals surface area contributed by atoms with Crippen LogP contribution in [0.3, 0.4) is 0 Å². The first-order valence-corrected chi connectivity index (χ1v) is 5.64. The molecule has 2 heterocycles. The zero-order chi connectivity index (χ0) is 12.3. The van der Waals surface area contributed by atoms with E-state index < -0.39 is 0 Å². The van der Waals surface area contributed by atoms with Crippen molar-refractivity contribution in [1.82, 2.24) is 10.2 Å². The van der Waals surface area contributed by atoms with Crippen molar-refractivity contribution in [3.63, 3.8) is 0 Å². The smallest absolute Gasteiger partial charge is 0.238 e. The average molecular weight is 233 g/mol. The van der Waals surface area contributed by atoms with Crippen molar-refractivity contribution in [2.45, 2.75) is 32.0 Å². The van der Waals surface area contributed by atoms with Gasteiger partial charge in [-0.25, -0.2) is 0 Å². The lowest BCUT2D eigenvalue weighted by molar-refractivity contribution is -0.130. The zero-order valence-electron chi connectivity index (χ0n) is 9.72. The van der Waals surface area contributed by atoms with E-state index in [2.05, 4.69) is 11.4 Å². The topological polar surface area (TPSA) is 69.3 Å². The fourth-order valence-corrected chi connectivity index (χ4v) is 2.12. The number of hydrogen-bond acceptors (Lipinski definition) is 4. The minimum absolute atomic E-state index is 0.0724. The highest BCUT2D eigenvalue weighted by Gasteiger charge is 2.32. The van der Waals surface area contributed by atoms with Crippen molar-refractivity contribution in [2.24, 2.45) is 0 Å². The summed E-state index contributed by atoms with van der Waals surface area (Å²) >= 11 is 0. The molecule has 1 saturated heterocycles. The van der Waals surface area contributed by atoms with Crippen LogP contribution in [-0.2, 0) is 11.3 Å². The Morgan fingerprint density at radius 3 is 3.18 bits per heavy atom. The molecule has 0 aromatic carbocycles. The molecule has 5 nitrogen and oxygen atoms in total. The number of carbonyl (C=O) groups excluding carboxylic acids is 1. The number of carbonyl (C=O) groups is 1. The van der Waals surface area contributed by atoms with Crippen molar-refractivity contribution < 1.29 is 9.21 Å². The van der Waals surface area contributed by atoms with Gasteiger partial charge in [-0.05, 0) is 19.1 Å². The second-order valence-corrected chi connectivity index (χ2v) is 4.30. The van der Waals surface area contributed by atoms with Crippen LogP contribution in [0.4, 0.5) is 0 Å². The van der Waals surface area contributed by atoms with Gasteiger partial charge < -0.3 is 9.73 Å². The fraction of sp³-hybridized carbons (Fsp3) is 0.500. The van der Waals surface area contributed by atoms with Gasteiger partial charge in [0.15, 0.2) is 0 Å². The van der Waals surface area contributed by atoms with Crippen LogP contribution in [0.1, 0.15) is 19.1 Å². The molecule has 0 spiro atoms. The molecule has 90 valence electrons. The molecule has 5 heteroatoms. The number of hydrogen-bond donors (Lipinski definition) is 1. The van der Waals surface area contributed by atoms with E-state index in [4.69, 9.17) is 9.68 Å². The first kappa shape index (κ1) is 11.7. The lowest BCUT2D eigenvalue weighted by Crippen LogP contribution is -2.58. The molecule has 0 radical (unpaired) electrons. The Hall–Kier alpha value is -1.80. The van der Waals surface area contributed by atoms with Crippen molar-refractivity contribution in [2.75, 3.05) is 6.54 Å². The Balaban J connectivity index is 2.10. The highest BCUT2D eigenvalue weighted by Crippen LogP contribution is 2.15. The summed E-state index contributed by atoms with van der Waals surface area (Å²) < 4.78 is 5.28. The predicted octanol–water partition coefficient (Wildman–Crippen LogP) is 0.882. The minimum atomic E-state index is -0.374. The van der Waals surface area contributed by atoms with Gasteiger partial charge in [-0.3, -0.25) is 9.69 Å². The Morgan fingerprint density at radius 1 is 1.71 bits per heavy atom. The van der Waals surface area contributed by atoms with Crippen LogP contribution in [0.15, 0.2) is 22.8 Å². The summed E-state index contributed by atoms with van der Waals surface area (Å²) in [5.74, 6) is 0.742. The van der Waals surface area contributed by atoms with E-state index in [-0.39, 0.29) is 24.4 Å². The molecular weight excluding hydrogens is 218 g/mol. The molecule has 17 heavy (non-hydrogen) atoms. The third kappa shape index (κ3) is 2.66. The van der Waals surface area contributed by atoms with Crippen LogP contribution in [0, 0.1) is 11.3 Å². The summed E-state index contributed by atoms with van der Waals surface area (Å²) in [7, 11) is 0. The average Bonchev–Trinajstić information content (AvgIpc) is 2.76. The summed E-state index contributed by atoms with van der Waals surface area (Å²) in [6.07, 6.45) is 1.82. The van der Waals surface area contributed by atoms with Gasteiger partial charge >= 0.3 is 0 Å². The number of nitrogens with zero attached hydrogens (tertiary/aromatic N) is 2. The molecule has 2 unspecified atom stereocenters. The normalized spacial score (nSPS) is 25.3. The van der Waals surface area contributed by atoms with Gasteiger partial charge in [0, 0.05) is 12.6 Å². The monoisotopic (exact) mass is 233 g/mol. The Bertz CT molecular complexity index is 421. The predicted molar refractivity (Wildman–Crippen MR) is 60.7 cm³/mol. The number of furan rings is 1. The molecule has 0 bridgehead atoms. The molecule has 1 N–H and O–H groups in total. The van der Waals surface area contributed by atoms with Gasteiger partial charge in [0.1, 0.15) is 11.8 Å². The van der Waals surface area contributed by atoms with Crippen LogP contribution in [0.5, 0.6) is 0 Å². The molecule has 1 fully saturated rings. The number of rotatable bonds is 3. The van der Waals surface area contributed by atoms with E-state index in [0.717, 1.165) is 12.3 Å². The second-order valence-electron chi connectivity index (χ2n) is 4.30. The van der Waals surface area contributed by atoms with Gasteiger partial charge in [0.05, 0.1) is 25.3 Å². The minimum Gasteiger partial charge on any atom is -0.468 e. The van der Waals surface area contributed by atoms with Crippen molar-refractivity contribution >= 4 is 5.91 Å². The first-order valence-electron chi connectivity index (χ1n) is 5.64.